The number of anilines is 1. The van der Waals surface area contributed by atoms with Crippen LogP contribution in [0.3, 0.4) is 0 Å². The lowest BCUT2D eigenvalue weighted by atomic mass is 10.00. The molecule has 1 saturated heterocycles. The highest BCUT2D eigenvalue weighted by Crippen LogP contribution is 2.39. The number of fused-ring (bicyclic) bond motifs is 1. The van der Waals surface area contributed by atoms with Crippen LogP contribution in [0.25, 0.3) is 16.8 Å². The monoisotopic (exact) mass is 405 g/mol. The molecule has 1 aliphatic heterocycles. The molecular formula is C20H22F3N5O. The summed E-state index contributed by atoms with van der Waals surface area (Å²) in [5.41, 5.74) is 0.632. The number of rotatable bonds is 3. The van der Waals surface area contributed by atoms with Crippen LogP contribution in [-0.4, -0.2) is 50.8 Å². The topological polar surface area (TPSA) is 65.7 Å². The second-order valence-corrected chi connectivity index (χ2v) is 7.57. The number of hydrogen-bond acceptors (Lipinski definition) is 5. The number of nitrogens with one attached hydrogen (secondary N) is 1. The molecule has 0 aliphatic carbocycles. The fraction of sp³-hybridized carbons (Fsp3) is 0.400. The van der Waals surface area contributed by atoms with Gasteiger partial charge < -0.3 is 15.3 Å². The summed E-state index contributed by atoms with van der Waals surface area (Å²) >= 11 is 0. The maximum atomic E-state index is 13.0. The number of nitrogens with zero attached hydrogens (tertiary/aromatic N) is 4. The van der Waals surface area contributed by atoms with Crippen molar-refractivity contribution >= 4 is 11.5 Å². The van der Waals surface area contributed by atoms with Crippen molar-refractivity contribution in [2.24, 2.45) is 0 Å². The average molecular weight is 405 g/mol. The van der Waals surface area contributed by atoms with Crippen LogP contribution in [0, 0.1) is 6.92 Å². The van der Waals surface area contributed by atoms with Gasteiger partial charge in [-0.3, -0.25) is 4.40 Å². The molecule has 29 heavy (non-hydrogen) atoms. The molecule has 0 radical (unpaired) electrons. The number of aromatic hydroxyl groups is 1. The largest absolute Gasteiger partial charge is 0.507 e. The highest BCUT2D eigenvalue weighted by atomic mass is 19.4. The first-order valence-corrected chi connectivity index (χ1v) is 9.44. The van der Waals surface area contributed by atoms with Crippen molar-refractivity contribution in [2.75, 3.05) is 25.5 Å². The molecule has 1 aliphatic rings. The molecule has 1 aromatic carbocycles. The third-order valence-electron chi connectivity index (χ3n) is 5.30. The molecule has 0 bridgehead atoms. The second kappa shape index (κ2) is 7.22. The van der Waals surface area contributed by atoms with Gasteiger partial charge in [0.2, 0.25) is 5.95 Å². The maximum Gasteiger partial charge on any atom is 0.416 e. The van der Waals surface area contributed by atoms with Crippen LogP contribution < -0.4 is 5.32 Å². The molecule has 0 spiro atoms. The van der Waals surface area contributed by atoms with Crippen molar-refractivity contribution in [2.45, 2.75) is 32.0 Å². The van der Waals surface area contributed by atoms with E-state index in [1.54, 1.807) is 6.07 Å². The van der Waals surface area contributed by atoms with E-state index in [-0.39, 0.29) is 17.2 Å². The van der Waals surface area contributed by atoms with Gasteiger partial charge >= 0.3 is 6.18 Å². The lowest BCUT2D eigenvalue weighted by Crippen LogP contribution is -2.40. The van der Waals surface area contributed by atoms with Crippen molar-refractivity contribution in [3.05, 3.63) is 41.6 Å². The smallest absolute Gasteiger partial charge is 0.416 e. The first-order chi connectivity index (χ1) is 13.7. The van der Waals surface area contributed by atoms with Gasteiger partial charge in [0.05, 0.1) is 11.1 Å². The molecular weight excluding hydrogens is 383 g/mol. The SMILES string of the molecule is Cc1cc(C(F)(F)F)cc(O)c1-c1nnc(N[C@@H]2CCCN(C)C2)n2cccc12. The van der Waals surface area contributed by atoms with Crippen molar-refractivity contribution in [3.8, 4) is 17.0 Å². The molecule has 9 heteroatoms. The van der Waals surface area contributed by atoms with Crippen LogP contribution >= 0.6 is 0 Å². The number of likely N-dealkylation sites (tertiary alicyclic amines) is 1. The van der Waals surface area contributed by atoms with Gasteiger partial charge in [-0.1, -0.05) is 0 Å². The van der Waals surface area contributed by atoms with Crippen LogP contribution in [-0.2, 0) is 6.18 Å². The van der Waals surface area contributed by atoms with Crippen molar-refractivity contribution in [3.63, 3.8) is 0 Å². The quantitative estimate of drug-likeness (QED) is 0.691. The van der Waals surface area contributed by atoms with Gasteiger partial charge in [0.25, 0.3) is 0 Å². The molecule has 0 saturated carbocycles. The van der Waals surface area contributed by atoms with Gasteiger partial charge in [0.15, 0.2) is 0 Å². The maximum absolute atomic E-state index is 13.0. The highest BCUT2D eigenvalue weighted by molar-refractivity contribution is 5.83. The number of phenolic OH excluding ortho intramolecular Hbond substituents is 1. The standard InChI is InChI=1S/C20H22F3N5O/c1-12-9-13(20(21,22)23)10-16(29)17(12)18-15-6-4-8-28(15)19(26-25-18)24-14-5-3-7-27(2)11-14/h4,6,8-10,14,29H,3,5,7,11H2,1-2H3,(H,24,26)/t14-/m1/s1. The van der Waals surface area contributed by atoms with E-state index in [0.717, 1.165) is 38.1 Å². The fourth-order valence-electron chi connectivity index (χ4n) is 3.94. The summed E-state index contributed by atoms with van der Waals surface area (Å²) in [7, 11) is 2.07. The Kier molecular flexibility index (Phi) is 4.85. The van der Waals surface area contributed by atoms with Gasteiger partial charge in [-0.15, -0.1) is 10.2 Å². The minimum atomic E-state index is -4.53. The lowest BCUT2D eigenvalue weighted by Gasteiger charge is -2.30. The molecule has 6 nitrogen and oxygen atoms in total. The summed E-state index contributed by atoms with van der Waals surface area (Å²) in [6.07, 6.45) is -0.598. The van der Waals surface area contributed by atoms with E-state index in [2.05, 4.69) is 27.5 Å². The van der Waals surface area contributed by atoms with Gasteiger partial charge in [-0.25, -0.2) is 0 Å². The Balaban J connectivity index is 1.74. The predicted octanol–water partition coefficient (Wildman–Crippen LogP) is 3.94. The van der Waals surface area contributed by atoms with Gasteiger partial charge in [-0.2, -0.15) is 13.2 Å². The first-order valence-electron chi connectivity index (χ1n) is 9.44. The van der Waals surface area contributed by atoms with E-state index in [1.165, 1.54) is 6.92 Å². The van der Waals surface area contributed by atoms with E-state index in [0.29, 0.717) is 17.2 Å². The van der Waals surface area contributed by atoms with Gasteiger partial charge in [0, 0.05) is 24.3 Å². The van der Waals surface area contributed by atoms with Crippen molar-refractivity contribution < 1.29 is 18.3 Å². The van der Waals surface area contributed by atoms with Crippen LogP contribution in [0.2, 0.25) is 0 Å². The summed E-state index contributed by atoms with van der Waals surface area (Å²) in [5, 5.41) is 22.3. The molecule has 3 aromatic rings. The molecule has 1 fully saturated rings. The van der Waals surface area contributed by atoms with Crippen LogP contribution in [0.1, 0.15) is 24.0 Å². The zero-order chi connectivity index (χ0) is 20.8. The average Bonchev–Trinajstić information content (AvgIpc) is 3.12. The Morgan fingerprint density at radius 2 is 2.03 bits per heavy atom. The summed E-state index contributed by atoms with van der Waals surface area (Å²) in [4.78, 5) is 2.25. The Morgan fingerprint density at radius 3 is 2.72 bits per heavy atom. The summed E-state index contributed by atoms with van der Waals surface area (Å²) in [6, 6.07) is 5.60. The normalized spacial score (nSPS) is 18.3. The number of halogens is 3. The van der Waals surface area contributed by atoms with Gasteiger partial charge in [0.1, 0.15) is 11.4 Å². The van der Waals surface area contributed by atoms with E-state index in [9.17, 15) is 18.3 Å². The van der Waals surface area contributed by atoms with E-state index >= 15 is 0 Å². The summed E-state index contributed by atoms with van der Waals surface area (Å²) in [6.45, 7) is 3.48. The number of benzene rings is 1. The highest BCUT2D eigenvalue weighted by Gasteiger charge is 2.32. The Labute approximate surface area is 166 Å². The van der Waals surface area contributed by atoms with E-state index in [4.69, 9.17) is 0 Å². The zero-order valence-electron chi connectivity index (χ0n) is 16.2. The van der Waals surface area contributed by atoms with Crippen LogP contribution in [0.15, 0.2) is 30.5 Å². The molecule has 154 valence electrons. The van der Waals surface area contributed by atoms with Crippen molar-refractivity contribution in [1.82, 2.24) is 19.5 Å². The summed E-state index contributed by atoms with van der Waals surface area (Å²) < 4.78 is 40.9. The van der Waals surface area contributed by atoms with Crippen molar-refractivity contribution in [1.29, 1.82) is 0 Å². The predicted molar refractivity (Wildman–Crippen MR) is 104 cm³/mol. The van der Waals surface area contributed by atoms with Crippen LogP contribution in [0.4, 0.5) is 19.1 Å². The minimum Gasteiger partial charge on any atom is -0.507 e. The number of phenols is 1. The second-order valence-electron chi connectivity index (χ2n) is 7.57. The number of piperidine rings is 1. The Hall–Kier alpha value is -2.81. The van der Waals surface area contributed by atoms with E-state index < -0.39 is 17.5 Å². The third-order valence-corrected chi connectivity index (χ3v) is 5.30. The molecule has 2 aromatic heterocycles. The molecule has 1 atom stereocenters. The molecule has 2 N–H and O–H groups in total. The van der Waals surface area contributed by atoms with Gasteiger partial charge in [-0.05, 0) is 63.2 Å². The fourth-order valence-corrected chi connectivity index (χ4v) is 3.94. The molecule has 3 heterocycles. The number of hydrogen-bond donors (Lipinski definition) is 2. The number of alkyl halides is 3. The Morgan fingerprint density at radius 1 is 1.24 bits per heavy atom. The Bertz CT molecular complexity index is 1020. The van der Waals surface area contributed by atoms with Crippen LogP contribution in [0.5, 0.6) is 5.75 Å². The minimum absolute atomic E-state index is 0.237. The number of likely N-dealkylation sites (N-methyl/N-ethyl adjacent to an activating group) is 1. The third kappa shape index (κ3) is 3.74. The zero-order valence-corrected chi connectivity index (χ0v) is 16.2. The number of aryl methyl sites for hydroxylation is 1. The molecule has 0 amide bonds. The van der Waals surface area contributed by atoms with E-state index in [1.807, 2.05) is 16.7 Å². The summed E-state index contributed by atoms with van der Waals surface area (Å²) in [5.74, 6) is 0.0995. The molecule has 4 rings (SSSR count). The number of aromatic nitrogens is 3. The molecule has 0 unspecified atom stereocenters. The lowest BCUT2D eigenvalue weighted by molar-refractivity contribution is -0.137. The first kappa shape index (κ1) is 19.5.